The number of benzene rings is 1. The van der Waals surface area contributed by atoms with Crippen molar-refractivity contribution in [3.8, 4) is 11.1 Å². The molecular weight excluding hydrogens is 290 g/mol. The van der Waals surface area contributed by atoms with Crippen LogP contribution in [0.3, 0.4) is 0 Å². The van der Waals surface area contributed by atoms with Crippen LogP contribution in [0.1, 0.15) is 30.0 Å². The Morgan fingerprint density at radius 2 is 2.17 bits per heavy atom. The van der Waals surface area contributed by atoms with Crippen LogP contribution in [0.4, 0.5) is 0 Å². The van der Waals surface area contributed by atoms with E-state index in [0.717, 1.165) is 37.2 Å². The number of carbonyl (C=O) groups is 1. The Balaban J connectivity index is 1.81. The van der Waals surface area contributed by atoms with Crippen LogP contribution in [-0.2, 0) is 9.53 Å². The van der Waals surface area contributed by atoms with Crippen LogP contribution in [-0.4, -0.2) is 47.8 Å². The van der Waals surface area contributed by atoms with Gasteiger partial charge in [-0.3, -0.25) is 9.89 Å². The number of likely N-dealkylation sites (tertiary alicyclic amines) is 1. The van der Waals surface area contributed by atoms with Gasteiger partial charge >= 0.3 is 0 Å². The highest BCUT2D eigenvalue weighted by atomic mass is 16.5. The molecule has 1 fully saturated rings. The van der Waals surface area contributed by atoms with Crippen molar-refractivity contribution in [3.63, 3.8) is 0 Å². The van der Waals surface area contributed by atoms with Crippen molar-refractivity contribution in [3.05, 3.63) is 41.7 Å². The number of carbonyl (C=O) groups excluding carboxylic acids is 1. The smallest absolute Gasteiger partial charge is 0.248 e. The first-order valence-electron chi connectivity index (χ1n) is 8.06. The first kappa shape index (κ1) is 15.7. The Morgan fingerprint density at radius 1 is 1.39 bits per heavy atom. The molecule has 3 rings (SSSR count). The molecule has 1 aliphatic heterocycles. The van der Waals surface area contributed by atoms with E-state index in [2.05, 4.69) is 41.4 Å². The second-order valence-electron chi connectivity index (χ2n) is 6.18. The van der Waals surface area contributed by atoms with Crippen LogP contribution in [0, 0.1) is 6.92 Å². The Kier molecular flexibility index (Phi) is 4.76. The number of hydrogen-bond acceptors (Lipinski definition) is 3. The summed E-state index contributed by atoms with van der Waals surface area (Å²) < 4.78 is 4.98. The molecular formula is C18H23N3O2. The molecule has 5 nitrogen and oxygen atoms in total. The molecule has 0 aliphatic carbocycles. The van der Waals surface area contributed by atoms with E-state index in [0.29, 0.717) is 5.92 Å². The zero-order valence-corrected chi connectivity index (χ0v) is 13.7. The van der Waals surface area contributed by atoms with E-state index >= 15 is 0 Å². The lowest BCUT2D eigenvalue weighted by molar-refractivity contribution is -0.136. The lowest BCUT2D eigenvalue weighted by atomic mass is 9.90. The van der Waals surface area contributed by atoms with Crippen molar-refractivity contribution in [1.29, 1.82) is 0 Å². The molecule has 2 aromatic rings. The summed E-state index contributed by atoms with van der Waals surface area (Å²) >= 11 is 0. The minimum Gasteiger partial charge on any atom is -0.375 e. The van der Waals surface area contributed by atoms with Crippen molar-refractivity contribution in [1.82, 2.24) is 15.1 Å². The summed E-state index contributed by atoms with van der Waals surface area (Å²) in [6.07, 6.45) is 3.96. The lowest BCUT2D eigenvalue weighted by Gasteiger charge is -2.32. The van der Waals surface area contributed by atoms with Gasteiger partial charge in [-0.2, -0.15) is 5.10 Å². The van der Waals surface area contributed by atoms with E-state index in [1.165, 1.54) is 11.1 Å². The van der Waals surface area contributed by atoms with Crippen molar-refractivity contribution in [2.75, 3.05) is 26.8 Å². The quantitative estimate of drug-likeness (QED) is 0.944. The molecule has 0 saturated carbocycles. The molecule has 1 aromatic heterocycles. The molecule has 0 bridgehead atoms. The number of nitrogens with one attached hydrogen (secondary N) is 1. The van der Waals surface area contributed by atoms with Gasteiger partial charge in [-0.05, 0) is 25.3 Å². The highest BCUT2D eigenvalue weighted by molar-refractivity contribution is 5.77. The van der Waals surface area contributed by atoms with Gasteiger partial charge in [-0.15, -0.1) is 0 Å². The molecule has 0 unspecified atom stereocenters. The Hall–Kier alpha value is -2.14. The SMILES string of the molecule is COCC(=O)N1CCC[C@H](c2[nH]ncc2-c2ccc(C)cc2)C1. The summed E-state index contributed by atoms with van der Waals surface area (Å²) in [6, 6.07) is 8.48. The van der Waals surface area contributed by atoms with E-state index in [1.54, 1.807) is 7.11 Å². The average molecular weight is 313 g/mol. The largest absolute Gasteiger partial charge is 0.375 e. The predicted octanol–water partition coefficient (Wildman–Crippen LogP) is 2.74. The van der Waals surface area contributed by atoms with Crippen molar-refractivity contribution < 1.29 is 9.53 Å². The fourth-order valence-corrected chi connectivity index (χ4v) is 3.22. The van der Waals surface area contributed by atoms with Gasteiger partial charge in [0.05, 0.1) is 6.20 Å². The summed E-state index contributed by atoms with van der Waals surface area (Å²) in [7, 11) is 1.56. The Bertz CT molecular complexity index is 663. The van der Waals surface area contributed by atoms with Crippen LogP contribution < -0.4 is 0 Å². The van der Waals surface area contributed by atoms with E-state index in [1.807, 2.05) is 11.1 Å². The number of methoxy groups -OCH3 is 1. The fraction of sp³-hybridized carbons (Fsp3) is 0.444. The first-order chi connectivity index (χ1) is 11.2. The molecule has 1 saturated heterocycles. The van der Waals surface area contributed by atoms with Gasteiger partial charge in [0, 0.05) is 37.4 Å². The molecule has 1 amide bonds. The Labute approximate surface area is 136 Å². The van der Waals surface area contributed by atoms with E-state index < -0.39 is 0 Å². The van der Waals surface area contributed by atoms with Gasteiger partial charge in [-0.25, -0.2) is 0 Å². The van der Waals surface area contributed by atoms with E-state index in [-0.39, 0.29) is 12.5 Å². The molecule has 0 radical (unpaired) electrons. The van der Waals surface area contributed by atoms with Crippen LogP contribution in [0.25, 0.3) is 11.1 Å². The van der Waals surface area contributed by atoms with E-state index in [9.17, 15) is 4.79 Å². The summed E-state index contributed by atoms with van der Waals surface area (Å²) in [4.78, 5) is 14.0. The second-order valence-corrected chi connectivity index (χ2v) is 6.18. The molecule has 1 atom stereocenters. The molecule has 1 aliphatic rings. The highest BCUT2D eigenvalue weighted by Gasteiger charge is 2.27. The molecule has 0 spiro atoms. The van der Waals surface area contributed by atoms with Gasteiger partial charge in [0.2, 0.25) is 5.91 Å². The number of aromatic nitrogens is 2. The number of ether oxygens (including phenoxy) is 1. The van der Waals surface area contributed by atoms with Gasteiger partial charge in [0.15, 0.2) is 0 Å². The number of hydrogen-bond donors (Lipinski definition) is 1. The second kappa shape index (κ2) is 6.96. The molecule has 23 heavy (non-hydrogen) atoms. The maximum atomic E-state index is 12.1. The van der Waals surface area contributed by atoms with Gasteiger partial charge in [0.1, 0.15) is 6.61 Å². The zero-order chi connectivity index (χ0) is 16.2. The van der Waals surface area contributed by atoms with Crippen molar-refractivity contribution in [2.45, 2.75) is 25.7 Å². The van der Waals surface area contributed by atoms with E-state index in [4.69, 9.17) is 4.74 Å². The monoisotopic (exact) mass is 313 g/mol. The normalized spacial score (nSPS) is 18.2. The summed E-state index contributed by atoms with van der Waals surface area (Å²) in [5, 5.41) is 7.41. The molecule has 122 valence electrons. The Morgan fingerprint density at radius 3 is 2.91 bits per heavy atom. The number of rotatable bonds is 4. The number of piperidine rings is 1. The van der Waals surface area contributed by atoms with Gasteiger partial charge in [-0.1, -0.05) is 29.8 Å². The summed E-state index contributed by atoms with van der Waals surface area (Å²) in [5.41, 5.74) is 4.67. The number of aromatic amines is 1. The van der Waals surface area contributed by atoms with Crippen LogP contribution >= 0.6 is 0 Å². The third-order valence-electron chi connectivity index (χ3n) is 4.48. The minimum atomic E-state index is 0.0635. The van der Waals surface area contributed by atoms with Crippen molar-refractivity contribution >= 4 is 5.91 Å². The predicted molar refractivity (Wildman–Crippen MR) is 89.2 cm³/mol. The topological polar surface area (TPSA) is 58.2 Å². The average Bonchev–Trinajstić information content (AvgIpc) is 3.05. The minimum absolute atomic E-state index is 0.0635. The number of aryl methyl sites for hydroxylation is 1. The summed E-state index contributed by atoms with van der Waals surface area (Å²) in [5.74, 6) is 0.358. The molecule has 1 aromatic carbocycles. The van der Waals surface area contributed by atoms with Gasteiger partial charge < -0.3 is 9.64 Å². The standard InChI is InChI=1S/C18H23N3O2/c1-13-5-7-14(8-6-13)16-10-19-20-18(16)15-4-3-9-21(11-15)17(22)12-23-2/h5-8,10,15H,3-4,9,11-12H2,1-2H3,(H,19,20)/t15-/m0/s1. The number of nitrogens with zero attached hydrogens (tertiary/aromatic N) is 2. The summed E-state index contributed by atoms with van der Waals surface area (Å²) in [6.45, 7) is 3.77. The highest BCUT2D eigenvalue weighted by Crippen LogP contribution is 2.33. The van der Waals surface area contributed by atoms with Gasteiger partial charge in [0.25, 0.3) is 0 Å². The number of H-pyrrole nitrogens is 1. The number of amides is 1. The maximum absolute atomic E-state index is 12.1. The third-order valence-corrected chi connectivity index (χ3v) is 4.48. The van der Waals surface area contributed by atoms with Crippen LogP contribution in [0.15, 0.2) is 30.5 Å². The lowest BCUT2D eigenvalue weighted by Crippen LogP contribution is -2.41. The van der Waals surface area contributed by atoms with Crippen LogP contribution in [0.2, 0.25) is 0 Å². The molecule has 2 heterocycles. The van der Waals surface area contributed by atoms with Crippen LogP contribution in [0.5, 0.6) is 0 Å². The maximum Gasteiger partial charge on any atom is 0.248 e. The fourth-order valence-electron chi connectivity index (χ4n) is 3.22. The molecule has 5 heteroatoms. The third kappa shape index (κ3) is 3.45. The molecule has 1 N–H and O–H groups in total. The van der Waals surface area contributed by atoms with Crippen molar-refractivity contribution in [2.24, 2.45) is 0 Å². The zero-order valence-electron chi connectivity index (χ0n) is 13.7. The first-order valence-corrected chi connectivity index (χ1v) is 8.06.